The molecule has 0 aliphatic heterocycles. The molecular weight excluding hydrogens is 514 g/mol. The van der Waals surface area contributed by atoms with Crippen LogP contribution in [0.1, 0.15) is 24.2 Å². The van der Waals surface area contributed by atoms with Crippen molar-refractivity contribution < 1.29 is 8.42 Å². The molecule has 10 nitrogen and oxygen atoms in total. The van der Waals surface area contributed by atoms with Crippen LogP contribution in [0.3, 0.4) is 0 Å². The van der Waals surface area contributed by atoms with E-state index < -0.39 is 16.1 Å². The van der Waals surface area contributed by atoms with Crippen LogP contribution in [0.15, 0.2) is 94.7 Å². The minimum absolute atomic E-state index is 0.00836. The first-order valence-corrected chi connectivity index (χ1v) is 13.4. The number of fused-ring (bicyclic) bond motifs is 1. The molecule has 2 heterocycles. The molecule has 1 atom stereocenters. The first kappa shape index (κ1) is 25.6. The number of nitrogens with two attached hydrogens (primary N) is 2. The van der Waals surface area contributed by atoms with E-state index in [0.717, 1.165) is 0 Å². The number of pyridine rings is 1. The van der Waals surface area contributed by atoms with E-state index in [1.54, 1.807) is 28.8 Å². The summed E-state index contributed by atoms with van der Waals surface area (Å²) in [6.45, 7) is 1.85. The second-order valence-corrected chi connectivity index (χ2v) is 10.4. The van der Waals surface area contributed by atoms with Crippen molar-refractivity contribution in [2.75, 3.05) is 11.1 Å². The summed E-state index contributed by atoms with van der Waals surface area (Å²) in [5.74, 6) is 0.257. The van der Waals surface area contributed by atoms with Gasteiger partial charge in [-0.2, -0.15) is 10.2 Å². The molecule has 39 heavy (non-hydrogen) atoms. The quantitative estimate of drug-likeness (QED) is 0.294. The third kappa shape index (κ3) is 4.94. The normalized spacial score (nSPS) is 12.1. The number of rotatable bonds is 6. The molecule has 0 unspecified atom stereocenters. The Bertz CT molecular complexity index is 1930. The molecule has 3 aromatic carbocycles. The highest BCUT2D eigenvalue weighted by atomic mass is 32.2. The third-order valence-corrected chi connectivity index (χ3v) is 7.20. The molecule has 11 heteroatoms. The summed E-state index contributed by atoms with van der Waals surface area (Å²) in [6.07, 6.45) is 1.34. The maximum absolute atomic E-state index is 14.3. The van der Waals surface area contributed by atoms with Crippen molar-refractivity contribution >= 4 is 32.6 Å². The van der Waals surface area contributed by atoms with Gasteiger partial charge in [0.05, 0.1) is 22.5 Å². The first-order chi connectivity index (χ1) is 18.7. The zero-order valence-electron chi connectivity index (χ0n) is 20.7. The van der Waals surface area contributed by atoms with E-state index in [4.69, 9.17) is 10.9 Å². The van der Waals surface area contributed by atoms with Crippen LogP contribution >= 0.6 is 0 Å². The summed E-state index contributed by atoms with van der Waals surface area (Å²) in [4.78, 5) is 22.2. The molecule has 5 rings (SSSR count). The van der Waals surface area contributed by atoms with Gasteiger partial charge in [0.2, 0.25) is 16.0 Å². The van der Waals surface area contributed by atoms with Crippen molar-refractivity contribution in [3.05, 3.63) is 107 Å². The number of nitrogen functional groups attached to an aromatic ring is 1. The SMILES string of the molecule is C[C@H](Nc1nc(N)ncc1C#N)c1cc2cccc(-c3cccc(S(N)(=O)=O)c3)c2c(=O)n1-c1ccccc1. The van der Waals surface area contributed by atoms with Crippen molar-refractivity contribution in [2.45, 2.75) is 17.9 Å². The maximum Gasteiger partial charge on any atom is 0.263 e. The topological polar surface area (TPSA) is 170 Å². The van der Waals surface area contributed by atoms with Gasteiger partial charge in [0.25, 0.3) is 5.56 Å². The van der Waals surface area contributed by atoms with Gasteiger partial charge in [-0.05, 0) is 53.8 Å². The molecule has 0 amide bonds. The van der Waals surface area contributed by atoms with Crippen LogP contribution in [-0.4, -0.2) is 23.0 Å². The molecule has 0 saturated heterocycles. The highest BCUT2D eigenvalue weighted by molar-refractivity contribution is 7.89. The minimum atomic E-state index is -3.94. The average molecular weight is 538 g/mol. The number of para-hydroxylation sites is 1. The van der Waals surface area contributed by atoms with Crippen molar-refractivity contribution in [1.29, 1.82) is 5.26 Å². The molecule has 0 radical (unpaired) electrons. The summed E-state index contributed by atoms with van der Waals surface area (Å²) in [7, 11) is -3.94. The molecule has 0 bridgehead atoms. The predicted molar refractivity (Wildman–Crippen MR) is 150 cm³/mol. The second kappa shape index (κ2) is 10.0. The van der Waals surface area contributed by atoms with Crippen LogP contribution < -0.4 is 21.7 Å². The lowest BCUT2D eigenvalue weighted by Gasteiger charge is -2.22. The van der Waals surface area contributed by atoms with E-state index >= 15 is 0 Å². The van der Waals surface area contributed by atoms with Gasteiger partial charge in [-0.3, -0.25) is 9.36 Å². The predicted octanol–water partition coefficient (Wildman–Crippen LogP) is 3.72. The van der Waals surface area contributed by atoms with Crippen LogP contribution in [0.5, 0.6) is 0 Å². The lowest BCUT2D eigenvalue weighted by molar-refractivity contribution is 0.598. The Morgan fingerprint density at radius 3 is 2.49 bits per heavy atom. The Morgan fingerprint density at radius 1 is 1.03 bits per heavy atom. The molecule has 0 fully saturated rings. The third-order valence-electron chi connectivity index (χ3n) is 6.29. The van der Waals surface area contributed by atoms with Crippen molar-refractivity contribution in [2.24, 2.45) is 5.14 Å². The molecule has 5 N–H and O–H groups in total. The molecule has 0 aliphatic rings. The van der Waals surface area contributed by atoms with Crippen molar-refractivity contribution in [3.63, 3.8) is 0 Å². The Hall–Kier alpha value is -5.05. The number of sulfonamides is 1. The minimum Gasteiger partial charge on any atom is -0.368 e. The number of primary sulfonamides is 1. The molecule has 194 valence electrons. The van der Waals surface area contributed by atoms with E-state index in [2.05, 4.69) is 15.3 Å². The Labute approximate surface area is 224 Å². The largest absolute Gasteiger partial charge is 0.368 e. The van der Waals surface area contributed by atoms with E-state index in [9.17, 15) is 18.5 Å². The van der Waals surface area contributed by atoms with Crippen LogP contribution in [0.25, 0.3) is 27.6 Å². The summed E-state index contributed by atoms with van der Waals surface area (Å²) in [6, 6.07) is 24.1. The van der Waals surface area contributed by atoms with E-state index in [0.29, 0.717) is 33.3 Å². The number of hydrogen-bond acceptors (Lipinski definition) is 8. The van der Waals surface area contributed by atoms with E-state index in [-0.39, 0.29) is 27.8 Å². The number of anilines is 2. The number of nitrogens with zero attached hydrogens (tertiary/aromatic N) is 4. The fourth-order valence-corrected chi connectivity index (χ4v) is 5.05. The van der Waals surface area contributed by atoms with Crippen LogP contribution in [0, 0.1) is 11.3 Å². The van der Waals surface area contributed by atoms with Gasteiger partial charge in [-0.15, -0.1) is 0 Å². The summed E-state index contributed by atoms with van der Waals surface area (Å²) in [5.41, 5.74) is 8.00. The van der Waals surface area contributed by atoms with Gasteiger partial charge >= 0.3 is 0 Å². The fraction of sp³-hybridized carbons (Fsp3) is 0.0714. The Kier molecular flexibility index (Phi) is 6.57. The smallest absolute Gasteiger partial charge is 0.263 e. The highest BCUT2D eigenvalue weighted by Crippen LogP contribution is 2.31. The van der Waals surface area contributed by atoms with Gasteiger partial charge in [0.1, 0.15) is 17.5 Å². The standard InChI is InChI=1S/C28H23N7O3S/c1-17(33-26-20(15-29)16-32-28(30)34-26)24-14-19-8-6-12-23(18-7-5-11-22(13-18)39(31,37)38)25(19)27(36)35(24)21-9-3-2-4-10-21/h2-14,16-17H,1H3,(H2,31,37,38)(H3,30,32,33,34)/t17-/m0/s1. The summed E-state index contributed by atoms with van der Waals surface area (Å²) in [5, 5.41) is 19.1. The monoisotopic (exact) mass is 537 g/mol. The van der Waals surface area contributed by atoms with Crippen molar-refractivity contribution in [1.82, 2.24) is 14.5 Å². The highest BCUT2D eigenvalue weighted by Gasteiger charge is 2.20. The zero-order chi connectivity index (χ0) is 27.7. The van der Waals surface area contributed by atoms with Gasteiger partial charge in [-0.1, -0.05) is 48.5 Å². The molecular formula is C28H23N7O3S. The molecule has 2 aromatic heterocycles. The Morgan fingerprint density at radius 2 is 1.77 bits per heavy atom. The van der Waals surface area contributed by atoms with Crippen molar-refractivity contribution in [3.8, 4) is 22.9 Å². The Balaban J connectivity index is 1.76. The van der Waals surface area contributed by atoms with Crippen LogP contribution in [0.4, 0.5) is 11.8 Å². The maximum atomic E-state index is 14.3. The number of nitrogens with one attached hydrogen (secondary N) is 1. The first-order valence-electron chi connectivity index (χ1n) is 11.8. The van der Waals surface area contributed by atoms with Gasteiger partial charge < -0.3 is 11.1 Å². The van der Waals surface area contributed by atoms with Gasteiger partial charge in [0.15, 0.2) is 0 Å². The molecule has 0 aliphatic carbocycles. The molecule has 0 saturated carbocycles. The van der Waals surface area contributed by atoms with Gasteiger partial charge in [-0.25, -0.2) is 18.5 Å². The fourth-order valence-electron chi connectivity index (χ4n) is 4.49. The zero-order valence-corrected chi connectivity index (χ0v) is 21.6. The molecule has 5 aromatic rings. The number of aromatic nitrogens is 3. The summed E-state index contributed by atoms with van der Waals surface area (Å²) >= 11 is 0. The van der Waals surface area contributed by atoms with E-state index in [1.807, 2.05) is 55.5 Å². The summed E-state index contributed by atoms with van der Waals surface area (Å²) < 4.78 is 25.6. The van der Waals surface area contributed by atoms with Crippen LogP contribution in [-0.2, 0) is 10.0 Å². The van der Waals surface area contributed by atoms with Crippen LogP contribution in [0.2, 0.25) is 0 Å². The number of nitriles is 1. The number of benzene rings is 3. The average Bonchev–Trinajstić information content (AvgIpc) is 2.93. The van der Waals surface area contributed by atoms with Gasteiger partial charge in [0, 0.05) is 11.4 Å². The molecule has 0 spiro atoms. The van der Waals surface area contributed by atoms with E-state index in [1.165, 1.54) is 18.3 Å². The number of hydrogen-bond donors (Lipinski definition) is 3. The lowest BCUT2D eigenvalue weighted by Crippen LogP contribution is -2.26. The lowest BCUT2D eigenvalue weighted by atomic mass is 9.98. The second-order valence-electron chi connectivity index (χ2n) is 8.86.